The van der Waals surface area contributed by atoms with Crippen LogP contribution in [0.2, 0.25) is 0 Å². The molecular weight excluding hydrogens is 484 g/mol. The molecule has 0 aromatic heterocycles. The number of carbonyl (C=O) groups excluding carboxylic acids is 2. The Morgan fingerprint density at radius 1 is 0.778 bits per heavy atom. The maximum absolute atomic E-state index is 12.3. The van der Waals surface area contributed by atoms with Crippen LogP contribution in [-0.4, -0.2) is 60.1 Å². The van der Waals surface area contributed by atoms with Crippen LogP contribution in [0.25, 0.3) is 0 Å². The summed E-state index contributed by atoms with van der Waals surface area (Å²) in [5.74, 6) is -0.519. The van der Waals surface area contributed by atoms with Gasteiger partial charge in [-0.2, -0.15) is 8.42 Å². The highest BCUT2D eigenvalue weighted by molar-refractivity contribution is 7.85. The van der Waals surface area contributed by atoms with E-state index in [1.54, 1.807) is 0 Å². The molecule has 0 spiro atoms. The summed E-state index contributed by atoms with van der Waals surface area (Å²) in [4.78, 5) is 23.4. The van der Waals surface area contributed by atoms with Gasteiger partial charge in [-0.1, -0.05) is 62.8 Å². The van der Waals surface area contributed by atoms with Crippen LogP contribution in [0.3, 0.4) is 0 Å². The zero-order chi connectivity index (χ0) is 26.7. The number of unbranched alkanes of at least 4 members (excludes halogenated alkanes) is 8. The zero-order valence-electron chi connectivity index (χ0n) is 22.2. The molecule has 0 amide bonds. The minimum atomic E-state index is -3.37. The van der Waals surface area contributed by atoms with Crippen molar-refractivity contribution in [3.63, 3.8) is 0 Å². The molecule has 9 heteroatoms. The summed E-state index contributed by atoms with van der Waals surface area (Å²) in [5, 5.41) is 0. The average Bonchev–Trinajstić information content (AvgIpc) is 2.85. The Bertz CT molecular complexity index is 853. The summed E-state index contributed by atoms with van der Waals surface area (Å²) in [6, 6.07) is 8.08. The summed E-state index contributed by atoms with van der Waals surface area (Å²) >= 11 is 0. The quantitative estimate of drug-likeness (QED) is 0.128. The van der Waals surface area contributed by atoms with Crippen molar-refractivity contribution < 1.29 is 36.4 Å². The van der Waals surface area contributed by atoms with Gasteiger partial charge < -0.3 is 14.2 Å². The predicted octanol–water partition coefficient (Wildman–Crippen LogP) is 4.77. The van der Waals surface area contributed by atoms with Crippen molar-refractivity contribution in [3.8, 4) is 0 Å². The van der Waals surface area contributed by atoms with Crippen molar-refractivity contribution >= 4 is 22.1 Å². The summed E-state index contributed by atoms with van der Waals surface area (Å²) < 4.78 is 42.3. The third-order valence-electron chi connectivity index (χ3n) is 5.95. The van der Waals surface area contributed by atoms with Crippen LogP contribution in [-0.2, 0) is 50.9 Å². The van der Waals surface area contributed by atoms with Gasteiger partial charge in [0, 0.05) is 19.4 Å². The number of hydrogen-bond donors (Lipinski definition) is 0. The van der Waals surface area contributed by atoms with E-state index in [1.807, 2.05) is 18.2 Å². The zero-order valence-corrected chi connectivity index (χ0v) is 23.0. The summed E-state index contributed by atoms with van der Waals surface area (Å²) in [7, 11) is -0.577. The highest BCUT2D eigenvalue weighted by Crippen LogP contribution is 2.18. The molecule has 0 bridgehead atoms. The third kappa shape index (κ3) is 15.9. The van der Waals surface area contributed by atoms with E-state index in [9.17, 15) is 18.0 Å². The lowest BCUT2D eigenvalue weighted by molar-refractivity contribution is -0.154. The molecule has 0 fully saturated rings. The minimum absolute atomic E-state index is 0.157. The lowest BCUT2D eigenvalue weighted by Crippen LogP contribution is -2.29. The average molecular weight is 529 g/mol. The molecule has 1 aromatic carbocycles. The molecular formula is C27H44O8S. The summed E-state index contributed by atoms with van der Waals surface area (Å²) in [6.45, 7) is 0.725. The standard InChI is InChI=1S/C27H44O8S/c1-32-26(28)19-11-6-4-5-8-14-20-34-25(27(29)33-2)22-24-18-13-12-17-23(24)16-10-7-9-15-21-35-36(3,30)31/h12-13,17-18,25H,4-11,14-16,19-22H2,1-3H3. The van der Waals surface area contributed by atoms with Gasteiger partial charge in [-0.25, -0.2) is 4.79 Å². The molecule has 0 heterocycles. The van der Waals surface area contributed by atoms with Crippen LogP contribution < -0.4 is 0 Å². The van der Waals surface area contributed by atoms with Gasteiger partial charge in [0.1, 0.15) is 0 Å². The van der Waals surface area contributed by atoms with Crippen molar-refractivity contribution in [1.29, 1.82) is 0 Å². The van der Waals surface area contributed by atoms with Gasteiger partial charge in [0.15, 0.2) is 6.10 Å². The first-order valence-electron chi connectivity index (χ1n) is 12.9. The first-order chi connectivity index (χ1) is 17.3. The van der Waals surface area contributed by atoms with Crippen molar-refractivity contribution in [2.45, 2.75) is 89.6 Å². The Morgan fingerprint density at radius 3 is 2.00 bits per heavy atom. The largest absolute Gasteiger partial charge is 0.469 e. The van der Waals surface area contributed by atoms with Crippen molar-refractivity contribution in [2.75, 3.05) is 33.7 Å². The number of carbonyl (C=O) groups is 2. The first-order valence-corrected chi connectivity index (χ1v) is 14.8. The molecule has 0 saturated heterocycles. The van der Waals surface area contributed by atoms with Gasteiger partial charge in [0.05, 0.1) is 27.1 Å². The Morgan fingerprint density at radius 2 is 1.36 bits per heavy atom. The van der Waals surface area contributed by atoms with E-state index in [-0.39, 0.29) is 18.5 Å². The molecule has 1 unspecified atom stereocenters. The number of esters is 2. The van der Waals surface area contributed by atoms with E-state index in [0.717, 1.165) is 76.0 Å². The summed E-state index contributed by atoms with van der Waals surface area (Å²) in [5.41, 5.74) is 2.27. The molecule has 0 saturated carbocycles. The van der Waals surface area contributed by atoms with Crippen molar-refractivity contribution in [1.82, 2.24) is 0 Å². The predicted molar refractivity (Wildman–Crippen MR) is 139 cm³/mol. The Labute approximate surface area is 217 Å². The number of benzene rings is 1. The van der Waals surface area contributed by atoms with Crippen LogP contribution >= 0.6 is 0 Å². The van der Waals surface area contributed by atoms with Gasteiger partial charge in [-0.05, 0) is 43.2 Å². The molecule has 0 aliphatic heterocycles. The van der Waals surface area contributed by atoms with E-state index in [2.05, 4.69) is 10.8 Å². The Kier molecular flexibility index (Phi) is 17.1. The van der Waals surface area contributed by atoms with Gasteiger partial charge in [0.2, 0.25) is 0 Å². The van der Waals surface area contributed by atoms with E-state index in [1.165, 1.54) is 19.8 Å². The van der Waals surface area contributed by atoms with Gasteiger partial charge in [-0.15, -0.1) is 0 Å². The van der Waals surface area contributed by atoms with E-state index >= 15 is 0 Å². The molecule has 206 valence electrons. The second-order valence-electron chi connectivity index (χ2n) is 8.99. The lowest BCUT2D eigenvalue weighted by atomic mass is 9.97. The fraction of sp³-hybridized carbons (Fsp3) is 0.704. The van der Waals surface area contributed by atoms with E-state index < -0.39 is 16.2 Å². The molecule has 0 aliphatic carbocycles. The van der Waals surface area contributed by atoms with Crippen LogP contribution in [0.1, 0.15) is 81.8 Å². The first kappa shape index (κ1) is 32.1. The number of hydrogen-bond acceptors (Lipinski definition) is 8. The smallest absolute Gasteiger partial charge is 0.335 e. The molecule has 0 N–H and O–H groups in total. The van der Waals surface area contributed by atoms with Crippen LogP contribution in [0.15, 0.2) is 24.3 Å². The number of methoxy groups -OCH3 is 2. The molecule has 1 rings (SSSR count). The third-order valence-corrected chi connectivity index (χ3v) is 6.54. The second-order valence-corrected chi connectivity index (χ2v) is 10.6. The second kappa shape index (κ2) is 19.2. The molecule has 8 nitrogen and oxygen atoms in total. The highest BCUT2D eigenvalue weighted by atomic mass is 32.2. The van der Waals surface area contributed by atoms with Crippen molar-refractivity contribution in [3.05, 3.63) is 35.4 Å². The van der Waals surface area contributed by atoms with E-state index in [0.29, 0.717) is 25.9 Å². The van der Waals surface area contributed by atoms with Crippen LogP contribution in [0.4, 0.5) is 0 Å². The van der Waals surface area contributed by atoms with E-state index in [4.69, 9.17) is 13.7 Å². The Hall–Kier alpha value is -1.97. The highest BCUT2D eigenvalue weighted by Gasteiger charge is 2.21. The lowest BCUT2D eigenvalue weighted by Gasteiger charge is -2.18. The molecule has 0 aliphatic rings. The number of ether oxygens (including phenoxy) is 3. The minimum Gasteiger partial charge on any atom is -0.469 e. The fourth-order valence-corrected chi connectivity index (χ4v) is 4.35. The number of rotatable bonds is 21. The topological polar surface area (TPSA) is 105 Å². The van der Waals surface area contributed by atoms with Crippen LogP contribution in [0, 0.1) is 0 Å². The van der Waals surface area contributed by atoms with Gasteiger partial charge in [0.25, 0.3) is 10.1 Å². The maximum atomic E-state index is 12.3. The van der Waals surface area contributed by atoms with Crippen LogP contribution in [0.5, 0.6) is 0 Å². The number of aryl methyl sites for hydroxylation is 1. The molecule has 1 atom stereocenters. The summed E-state index contributed by atoms with van der Waals surface area (Å²) in [6.07, 6.45) is 11.7. The Balaban J connectivity index is 2.37. The van der Waals surface area contributed by atoms with Gasteiger partial charge in [-0.3, -0.25) is 8.98 Å². The maximum Gasteiger partial charge on any atom is 0.335 e. The molecule has 0 radical (unpaired) electrons. The van der Waals surface area contributed by atoms with Crippen molar-refractivity contribution in [2.24, 2.45) is 0 Å². The van der Waals surface area contributed by atoms with Gasteiger partial charge >= 0.3 is 11.9 Å². The molecule has 36 heavy (non-hydrogen) atoms. The normalized spacial score (nSPS) is 12.3. The monoisotopic (exact) mass is 528 g/mol. The molecule has 1 aromatic rings. The fourth-order valence-electron chi connectivity index (χ4n) is 3.93. The SMILES string of the molecule is COC(=O)CCCCCCCCOC(Cc1ccccc1CCCCCCOS(C)(=O)=O)C(=O)OC.